The largest absolute Gasteiger partial charge is 0.484 e. The minimum Gasteiger partial charge on any atom is -0.484 e. The van der Waals surface area contributed by atoms with Gasteiger partial charge in [-0.1, -0.05) is 17.9 Å². The van der Waals surface area contributed by atoms with Crippen molar-refractivity contribution in [3.05, 3.63) is 69.8 Å². The lowest BCUT2D eigenvalue weighted by Gasteiger charge is -2.06. The van der Waals surface area contributed by atoms with E-state index in [0.717, 1.165) is 12.1 Å². The summed E-state index contributed by atoms with van der Waals surface area (Å²) >= 11 is 0. The van der Waals surface area contributed by atoms with Crippen LogP contribution in [0.4, 0.5) is 18.9 Å². The lowest BCUT2D eigenvalue weighted by atomic mass is 10.1. The average Bonchev–Trinajstić information content (AvgIpc) is 2.63. The number of alkyl halides is 3. The second kappa shape index (κ2) is 8.71. The van der Waals surface area contributed by atoms with Crippen molar-refractivity contribution < 1.29 is 27.6 Å². The molecule has 6 nitrogen and oxygen atoms in total. The molecule has 0 heterocycles. The van der Waals surface area contributed by atoms with Crippen molar-refractivity contribution in [3.63, 3.8) is 0 Å². The number of rotatable bonds is 5. The fraction of sp³-hybridized carbons (Fsp3) is 0.167. The second-order valence-electron chi connectivity index (χ2n) is 5.20. The van der Waals surface area contributed by atoms with E-state index < -0.39 is 22.6 Å². The zero-order valence-electron chi connectivity index (χ0n) is 13.7. The minimum atomic E-state index is -4.44. The summed E-state index contributed by atoms with van der Waals surface area (Å²) in [4.78, 5) is 21.6. The van der Waals surface area contributed by atoms with E-state index in [9.17, 15) is 28.1 Å². The van der Waals surface area contributed by atoms with Gasteiger partial charge in [0.2, 0.25) is 0 Å². The summed E-state index contributed by atoms with van der Waals surface area (Å²) in [5.74, 6) is 4.87. The molecular weight excluding hydrogens is 365 g/mol. The summed E-state index contributed by atoms with van der Waals surface area (Å²) in [7, 11) is 0. The second-order valence-corrected chi connectivity index (χ2v) is 5.20. The van der Waals surface area contributed by atoms with Crippen molar-refractivity contribution in [2.24, 2.45) is 0 Å². The Morgan fingerprint density at radius 3 is 2.52 bits per heavy atom. The topological polar surface area (TPSA) is 81.5 Å². The first-order valence-corrected chi connectivity index (χ1v) is 7.56. The highest BCUT2D eigenvalue weighted by molar-refractivity contribution is 5.77. The third-order valence-electron chi connectivity index (χ3n) is 3.21. The van der Waals surface area contributed by atoms with Gasteiger partial charge in [-0.2, -0.15) is 13.2 Å². The van der Waals surface area contributed by atoms with Crippen LogP contribution in [0.1, 0.15) is 11.1 Å². The van der Waals surface area contributed by atoms with Crippen LogP contribution in [-0.2, 0) is 11.0 Å². The van der Waals surface area contributed by atoms with Crippen molar-refractivity contribution in [3.8, 4) is 17.6 Å². The number of carbonyl (C=O) groups excluding carboxylic acids is 1. The van der Waals surface area contributed by atoms with Crippen LogP contribution in [0.15, 0.2) is 48.5 Å². The highest BCUT2D eigenvalue weighted by atomic mass is 19.4. The van der Waals surface area contributed by atoms with Gasteiger partial charge in [0.1, 0.15) is 5.75 Å². The Bertz CT molecular complexity index is 884. The molecule has 0 bridgehead atoms. The normalized spacial score (nSPS) is 10.5. The fourth-order valence-electron chi connectivity index (χ4n) is 1.93. The molecule has 1 N–H and O–H groups in total. The van der Waals surface area contributed by atoms with Gasteiger partial charge in [-0.3, -0.25) is 14.9 Å². The summed E-state index contributed by atoms with van der Waals surface area (Å²) in [5.41, 5.74) is -0.715. The molecule has 0 saturated heterocycles. The first kappa shape index (κ1) is 19.8. The van der Waals surface area contributed by atoms with Crippen LogP contribution in [0.3, 0.4) is 0 Å². The fourth-order valence-corrected chi connectivity index (χ4v) is 1.93. The van der Waals surface area contributed by atoms with E-state index >= 15 is 0 Å². The number of non-ortho nitro benzene ring substituents is 1. The van der Waals surface area contributed by atoms with Gasteiger partial charge in [0.15, 0.2) is 6.61 Å². The molecule has 2 aromatic carbocycles. The van der Waals surface area contributed by atoms with Crippen LogP contribution >= 0.6 is 0 Å². The molecule has 0 spiro atoms. The van der Waals surface area contributed by atoms with Crippen LogP contribution < -0.4 is 10.1 Å². The number of nitrogens with one attached hydrogen (secondary N) is 1. The molecule has 2 rings (SSSR count). The van der Waals surface area contributed by atoms with E-state index in [0.29, 0.717) is 0 Å². The molecule has 0 aliphatic carbocycles. The van der Waals surface area contributed by atoms with Crippen LogP contribution in [-0.4, -0.2) is 24.0 Å². The number of amides is 1. The molecule has 9 heteroatoms. The Morgan fingerprint density at radius 1 is 1.19 bits per heavy atom. The standard InChI is InChI=1S/C18H13F3N2O4/c19-18(20,21)14-5-1-3-13(11-14)4-2-10-22-17(24)12-27-16-8-6-15(7-9-16)23(25)26/h1,3,5-9,11H,10,12H2,(H,22,24). The first-order valence-electron chi connectivity index (χ1n) is 7.56. The number of nitrogens with zero attached hydrogens (tertiary/aromatic N) is 1. The number of ether oxygens (including phenoxy) is 1. The average molecular weight is 378 g/mol. The number of hydrogen-bond donors (Lipinski definition) is 1. The molecule has 0 radical (unpaired) electrons. The lowest BCUT2D eigenvalue weighted by Crippen LogP contribution is -2.29. The number of nitro benzene ring substituents is 1. The molecule has 0 atom stereocenters. The van der Waals surface area contributed by atoms with E-state index in [2.05, 4.69) is 17.2 Å². The molecule has 0 unspecified atom stereocenters. The Kier molecular flexibility index (Phi) is 6.38. The van der Waals surface area contributed by atoms with Crippen LogP contribution in [0.2, 0.25) is 0 Å². The third-order valence-corrected chi connectivity index (χ3v) is 3.21. The zero-order valence-corrected chi connectivity index (χ0v) is 13.7. The maximum absolute atomic E-state index is 12.6. The Labute approximate surface area is 152 Å². The quantitative estimate of drug-likeness (QED) is 0.492. The van der Waals surface area contributed by atoms with Crippen molar-refractivity contribution in [2.45, 2.75) is 6.18 Å². The van der Waals surface area contributed by atoms with Crippen LogP contribution in [0.25, 0.3) is 0 Å². The summed E-state index contributed by atoms with van der Waals surface area (Å²) in [6, 6.07) is 9.76. The molecule has 27 heavy (non-hydrogen) atoms. The third kappa shape index (κ3) is 6.36. The van der Waals surface area contributed by atoms with E-state index in [1.807, 2.05) is 0 Å². The van der Waals surface area contributed by atoms with Gasteiger partial charge in [-0.05, 0) is 30.3 Å². The molecule has 1 amide bonds. The smallest absolute Gasteiger partial charge is 0.416 e. The summed E-state index contributed by atoms with van der Waals surface area (Å²) in [5, 5.41) is 13.0. The van der Waals surface area contributed by atoms with Gasteiger partial charge >= 0.3 is 6.18 Å². The Balaban J connectivity index is 1.80. The molecule has 0 fully saturated rings. The minimum absolute atomic E-state index is 0.0707. The lowest BCUT2D eigenvalue weighted by molar-refractivity contribution is -0.384. The van der Waals surface area contributed by atoms with Crippen LogP contribution in [0, 0.1) is 22.0 Å². The van der Waals surface area contributed by atoms with Gasteiger partial charge in [0.25, 0.3) is 11.6 Å². The highest BCUT2D eigenvalue weighted by Crippen LogP contribution is 2.29. The van der Waals surface area contributed by atoms with Gasteiger partial charge in [-0.25, -0.2) is 0 Å². The highest BCUT2D eigenvalue weighted by Gasteiger charge is 2.30. The molecule has 140 valence electrons. The SMILES string of the molecule is O=C(COc1ccc([N+](=O)[O-])cc1)NCC#Cc1cccc(C(F)(F)F)c1. The Hall–Kier alpha value is -3.54. The molecular formula is C18H13F3N2O4. The number of benzene rings is 2. The molecule has 0 aromatic heterocycles. The Morgan fingerprint density at radius 2 is 1.89 bits per heavy atom. The predicted molar refractivity (Wildman–Crippen MR) is 89.9 cm³/mol. The van der Waals surface area contributed by atoms with Crippen molar-refractivity contribution in [2.75, 3.05) is 13.2 Å². The van der Waals surface area contributed by atoms with E-state index in [1.54, 1.807) is 0 Å². The van der Waals surface area contributed by atoms with E-state index in [4.69, 9.17) is 4.74 Å². The maximum atomic E-state index is 12.6. The van der Waals surface area contributed by atoms with Crippen molar-refractivity contribution in [1.82, 2.24) is 5.32 Å². The monoisotopic (exact) mass is 378 g/mol. The van der Waals surface area contributed by atoms with E-state index in [1.165, 1.54) is 36.4 Å². The van der Waals surface area contributed by atoms with E-state index in [-0.39, 0.29) is 30.2 Å². The van der Waals surface area contributed by atoms with Gasteiger partial charge in [-0.15, -0.1) is 0 Å². The van der Waals surface area contributed by atoms with Gasteiger partial charge < -0.3 is 10.1 Å². The summed E-state index contributed by atoms with van der Waals surface area (Å²) < 4.78 is 43.0. The number of nitro groups is 1. The number of hydrogen-bond acceptors (Lipinski definition) is 4. The number of carbonyl (C=O) groups is 1. The van der Waals surface area contributed by atoms with Crippen molar-refractivity contribution in [1.29, 1.82) is 0 Å². The first-order chi connectivity index (χ1) is 12.8. The van der Waals surface area contributed by atoms with Crippen LogP contribution in [0.5, 0.6) is 5.75 Å². The van der Waals surface area contributed by atoms with Gasteiger partial charge in [0.05, 0.1) is 17.0 Å². The zero-order chi connectivity index (χ0) is 19.9. The molecule has 0 aliphatic heterocycles. The molecule has 0 aliphatic rings. The summed E-state index contributed by atoms with van der Waals surface area (Å²) in [6.07, 6.45) is -4.44. The molecule has 2 aromatic rings. The maximum Gasteiger partial charge on any atom is 0.416 e. The van der Waals surface area contributed by atoms with Crippen molar-refractivity contribution >= 4 is 11.6 Å². The predicted octanol–water partition coefficient (Wildman–Crippen LogP) is 3.16. The molecule has 0 saturated carbocycles. The summed E-state index contributed by atoms with van der Waals surface area (Å²) in [6.45, 7) is -0.401. The van der Waals surface area contributed by atoms with Gasteiger partial charge in [0, 0.05) is 17.7 Å². The number of halogens is 3.